The summed E-state index contributed by atoms with van der Waals surface area (Å²) in [6.07, 6.45) is 1.08. The van der Waals surface area contributed by atoms with Gasteiger partial charge in [0.25, 0.3) is 6.26 Å². The molecule has 1 aromatic carbocycles. The molecule has 0 aromatic heterocycles. The van der Waals surface area contributed by atoms with Gasteiger partial charge in [0.1, 0.15) is 5.75 Å². The molecule has 1 rings (SSSR count). The number of nitrogens with zero attached hydrogens (tertiary/aromatic N) is 1. The summed E-state index contributed by atoms with van der Waals surface area (Å²) in [4.78, 5) is 11.4. The number of carbonyl (C=O) groups is 1. The highest BCUT2D eigenvalue weighted by Crippen LogP contribution is 2.22. The standard InChI is InChI=1S/C13H16N2O3/c1-9(2)7-17-13(16)15-11-5-4-10(3)12(6-11)18-8-14/h4-6,9H,7H2,1-3H3,(H,15,16). The molecular formula is C13H16N2O3. The van der Waals surface area contributed by atoms with Crippen molar-refractivity contribution in [1.29, 1.82) is 5.26 Å². The molecule has 1 N–H and O–H groups in total. The summed E-state index contributed by atoms with van der Waals surface area (Å²) in [7, 11) is 0. The number of anilines is 1. The molecule has 1 aromatic rings. The Morgan fingerprint density at radius 1 is 1.50 bits per heavy atom. The van der Waals surface area contributed by atoms with E-state index in [4.69, 9.17) is 14.7 Å². The summed E-state index contributed by atoms with van der Waals surface area (Å²) in [6.45, 7) is 6.09. The largest absolute Gasteiger partial charge is 0.449 e. The van der Waals surface area contributed by atoms with Crippen molar-refractivity contribution in [2.24, 2.45) is 5.92 Å². The van der Waals surface area contributed by atoms with Crippen LogP contribution in [0.15, 0.2) is 18.2 Å². The summed E-state index contributed by atoms with van der Waals surface area (Å²) in [5.74, 6) is 0.699. The van der Waals surface area contributed by atoms with Crippen LogP contribution in [0, 0.1) is 24.4 Å². The molecule has 5 heteroatoms. The summed E-state index contributed by atoms with van der Waals surface area (Å²) in [5, 5.41) is 11.1. The van der Waals surface area contributed by atoms with E-state index in [2.05, 4.69) is 5.32 Å². The Morgan fingerprint density at radius 2 is 2.22 bits per heavy atom. The number of hydrogen-bond donors (Lipinski definition) is 1. The molecule has 0 aliphatic carbocycles. The first-order valence-corrected chi connectivity index (χ1v) is 5.63. The van der Waals surface area contributed by atoms with Crippen LogP contribution < -0.4 is 10.1 Å². The fourth-order valence-corrected chi connectivity index (χ4v) is 1.23. The molecule has 0 aliphatic rings. The first-order chi connectivity index (χ1) is 8.52. The van der Waals surface area contributed by atoms with Crippen molar-refractivity contribution in [1.82, 2.24) is 0 Å². The molecule has 18 heavy (non-hydrogen) atoms. The topological polar surface area (TPSA) is 71.3 Å². The molecule has 0 saturated carbocycles. The van der Waals surface area contributed by atoms with Gasteiger partial charge in [-0.15, -0.1) is 5.26 Å². The van der Waals surface area contributed by atoms with Crippen molar-refractivity contribution < 1.29 is 14.3 Å². The molecule has 0 spiro atoms. The van der Waals surface area contributed by atoms with Gasteiger partial charge in [0.05, 0.1) is 6.61 Å². The number of rotatable bonds is 4. The maximum Gasteiger partial charge on any atom is 0.411 e. The number of benzene rings is 1. The maximum atomic E-state index is 11.4. The molecule has 1 amide bonds. The molecular weight excluding hydrogens is 232 g/mol. The van der Waals surface area contributed by atoms with Crippen LogP contribution in [-0.4, -0.2) is 12.7 Å². The lowest BCUT2D eigenvalue weighted by Crippen LogP contribution is -2.16. The van der Waals surface area contributed by atoms with E-state index in [1.807, 2.05) is 20.8 Å². The average molecular weight is 248 g/mol. The molecule has 0 aliphatic heterocycles. The van der Waals surface area contributed by atoms with Crippen molar-refractivity contribution in [3.63, 3.8) is 0 Å². The average Bonchev–Trinajstić information content (AvgIpc) is 2.31. The Balaban J connectivity index is 2.65. The molecule has 0 radical (unpaired) electrons. The summed E-state index contributed by atoms with van der Waals surface area (Å²) in [5.41, 5.74) is 1.34. The highest BCUT2D eigenvalue weighted by molar-refractivity contribution is 5.85. The fraction of sp³-hybridized carbons (Fsp3) is 0.385. The monoisotopic (exact) mass is 248 g/mol. The third-order valence-electron chi connectivity index (χ3n) is 2.14. The van der Waals surface area contributed by atoms with Crippen LogP contribution >= 0.6 is 0 Å². The molecule has 0 bridgehead atoms. The second kappa shape index (κ2) is 6.50. The Hall–Kier alpha value is -2.22. The predicted octanol–water partition coefficient (Wildman–Crippen LogP) is 3.06. The minimum atomic E-state index is -0.518. The van der Waals surface area contributed by atoms with E-state index in [9.17, 15) is 4.79 Å². The van der Waals surface area contributed by atoms with Crippen LogP contribution in [0.4, 0.5) is 10.5 Å². The summed E-state index contributed by atoms with van der Waals surface area (Å²) in [6, 6.07) is 5.05. The van der Waals surface area contributed by atoms with E-state index in [0.29, 0.717) is 18.0 Å². The SMILES string of the molecule is Cc1ccc(NC(=O)OCC(C)C)cc1OC#N. The van der Waals surface area contributed by atoms with Crippen molar-refractivity contribution in [3.05, 3.63) is 23.8 Å². The van der Waals surface area contributed by atoms with E-state index in [1.165, 1.54) is 0 Å². The molecule has 0 atom stereocenters. The highest BCUT2D eigenvalue weighted by Gasteiger charge is 2.07. The predicted molar refractivity (Wildman–Crippen MR) is 67.2 cm³/mol. The first kappa shape index (κ1) is 13.8. The van der Waals surface area contributed by atoms with Gasteiger partial charge in [0, 0.05) is 11.8 Å². The number of carbonyl (C=O) groups excluding carboxylic acids is 1. The number of hydrogen-bond acceptors (Lipinski definition) is 4. The van der Waals surface area contributed by atoms with Crippen LogP contribution in [0.5, 0.6) is 5.75 Å². The Labute approximate surface area is 106 Å². The first-order valence-electron chi connectivity index (χ1n) is 5.63. The quantitative estimate of drug-likeness (QED) is 0.831. The number of nitriles is 1. The lowest BCUT2D eigenvalue weighted by Gasteiger charge is -2.10. The van der Waals surface area contributed by atoms with Crippen molar-refractivity contribution in [3.8, 4) is 12.0 Å². The van der Waals surface area contributed by atoms with Crippen molar-refractivity contribution in [2.45, 2.75) is 20.8 Å². The van der Waals surface area contributed by atoms with Crippen molar-refractivity contribution >= 4 is 11.8 Å². The fourth-order valence-electron chi connectivity index (χ4n) is 1.23. The molecule has 0 fully saturated rings. The zero-order valence-electron chi connectivity index (χ0n) is 10.7. The minimum absolute atomic E-state index is 0.284. The zero-order valence-corrected chi connectivity index (χ0v) is 10.7. The number of nitrogens with one attached hydrogen (secondary N) is 1. The third kappa shape index (κ3) is 4.34. The van der Waals surface area contributed by atoms with E-state index < -0.39 is 6.09 Å². The Bertz CT molecular complexity index is 464. The normalized spacial score (nSPS) is 9.72. The maximum absolute atomic E-state index is 11.4. The molecule has 0 saturated heterocycles. The number of aryl methyl sites for hydroxylation is 1. The van der Waals surface area contributed by atoms with Crippen LogP contribution in [0.1, 0.15) is 19.4 Å². The van der Waals surface area contributed by atoms with Gasteiger partial charge in [-0.3, -0.25) is 5.32 Å². The van der Waals surface area contributed by atoms with Crippen LogP contribution in [0.25, 0.3) is 0 Å². The molecule has 0 unspecified atom stereocenters. The van der Waals surface area contributed by atoms with Gasteiger partial charge in [0.15, 0.2) is 0 Å². The zero-order chi connectivity index (χ0) is 13.5. The number of amides is 1. The van der Waals surface area contributed by atoms with E-state index in [0.717, 1.165) is 5.56 Å². The van der Waals surface area contributed by atoms with Gasteiger partial charge in [0.2, 0.25) is 0 Å². The molecule has 5 nitrogen and oxygen atoms in total. The van der Waals surface area contributed by atoms with E-state index >= 15 is 0 Å². The summed E-state index contributed by atoms with van der Waals surface area (Å²) < 4.78 is 9.75. The van der Waals surface area contributed by atoms with Gasteiger partial charge >= 0.3 is 6.09 Å². The van der Waals surface area contributed by atoms with Crippen LogP contribution in [0.2, 0.25) is 0 Å². The lowest BCUT2D eigenvalue weighted by molar-refractivity contribution is 0.147. The molecule has 96 valence electrons. The lowest BCUT2D eigenvalue weighted by atomic mass is 10.2. The van der Waals surface area contributed by atoms with Gasteiger partial charge in [-0.25, -0.2) is 4.79 Å². The van der Waals surface area contributed by atoms with Crippen LogP contribution in [-0.2, 0) is 4.74 Å². The molecule has 0 heterocycles. The second-order valence-electron chi connectivity index (χ2n) is 4.29. The smallest absolute Gasteiger partial charge is 0.411 e. The van der Waals surface area contributed by atoms with Gasteiger partial charge in [-0.1, -0.05) is 19.9 Å². The minimum Gasteiger partial charge on any atom is -0.449 e. The van der Waals surface area contributed by atoms with E-state index in [1.54, 1.807) is 24.5 Å². The third-order valence-corrected chi connectivity index (χ3v) is 2.14. The number of ether oxygens (including phenoxy) is 2. The Morgan fingerprint density at radius 3 is 2.83 bits per heavy atom. The van der Waals surface area contributed by atoms with Gasteiger partial charge in [-0.2, -0.15) is 0 Å². The van der Waals surface area contributed by atoms with Crippen molar-refractivity contribution in [2.75, 3.05) is 11.9 Å². The van der Waals surface area contributed by atoms with E-state index in [-0.39, 0.29) is 5.92 Å². The van der Waals surface area contributed by atoms with Gasteiger partial charge < -0.3 is 9.47 Å². The second-order valence-corrected chi connectivity index (χ2v) is 4.29. The Kier molecular flexibility index (Phi) is 5.00. The van der Waals surface area contributed by atoms with Gasteiger partial charge in [-0.05, 0) is 24.5 Å². The van der Waals surface area contributed by atoms with Crippen LogP contribution in [0.3, 0.4) is 0 Å². The highest BCUT2D eigenvalue weighted by atomic mass is 16.5. The summed E-state index contributed by atoms with van der Waals surface area (Å²) >= 11 is 0.